The lowest BCUT2D eigenvalue weighted by Gasteiger charge is -2.30. The highest BCUT2D eigenvalue weighted by Crippen LogP contribution is 2.33. The van der Waals surface area contributed by atoms with E-state index in [2.05, 4.69) is 20.5 Å². The van der Waals surface area contributed by atoms with E-state index in [1.165, 1.54) is 0 Å². The number of amides is 2. The number of anilines is 1. The number of H-pyrrole nitrogens is 1. The average molecular weight is 604 g/mol. The molecule has 3 aromatic rings. The van der Waals surface area contributed by atoms with Crippen molar-refractivity contribution in [3.05, 3.63) is 95.2 Å². The maximum absolute atomic E-state index is 15.9. The first-order valence-electron chi connectivity index (χ1n) is 14.7. The van der Waals surface area contributed by atoms with E-state index < -0.39 is 12.9 Å². The zero-order valence-electron chi connectivity index (χ0n) is 24.2. The number of unbranched alkanes of at least 4 members (excludes halogenated alkanes) is 3. The van der Waals surface area contributed by atoms with E-state index in [0.29, 0.717) is 53.4 Å². The van der Waals surface area contributed by atoms with Crippen LogP contribution >= 0.6 is 0 Å². The number of aryl methyl sites for hydroxylation is 1. The van der Waals surface area contributed by atoms with Crippen molar-refractivity contribution in [3.8, 4) is 0 Å². The van der Waals surface area contributed by atoms with Gasteiger partial charge in [0.2, 0.25) is 11.8 Å². The van der Waals surface area contributed by atoms with Crippen LogP contribution in [0.3, 0.4) is 0 Å². The molecule has 44 heavy (non-hydrogen) atoms. The fourth-order valence-corrected chi connectivity index (χ4v) is 5.54. The monoisotopic (exact) mass is 604 g/mol. The molecule has 0 spiro atoms. The Morgan fingerprint density at radius 2 is 1.70 bits per heavy atom. The molecule has 2 aliphatic rings. The lowest BCUT2D eigenvalue weighted by atomic mass is 9.90. The second kappa shape index (κ2) is 13.7. The molecule has 0 fully saturated rings. The molecule has 0 aliphatic carbocycles. The molecule has 0 atom stereocenters. The van der Waals surface area contributed by atoms with Gasteiger partial charge in [-0.2, -0.15) is 5.90 Å². The summed E-state index contributed by atoms with van der Waals surface area (Å²) in [5, 5.41) is 5.70. The van der Waals surface area contributed by atoms with Crippen molar-refractivity contribution in [1.29, 1.82) is 0 Å². The van der Waals surface area contributed by atoms with Crippen LogP contribution in [0.4, 0.5) is 14.3 Å². The van der Waals surface area contributed by atoms with Crippen LogP contribution in [0.1, 0.15) is 67.6 Å². The summed E-state index contributed by atoms with van der Waals surface area (Å²) in [6.45, 7) is -3.88. The number of halogens is 2. The Hall–Kier alpha value is -4.78. The molecule has 0 bridgehead atoms. The summed E-state index contributed by atoms with van der Waals surface area (Å²) in [4.78, 5) is 42.9. The van der Waals surface area contributed by atoms with Crippen LogP contribution in [-0.4, -0.2) is 44.4 Å². The summed E-state index contributed by atoms with van der Waals surface area (Å²) >= 11 is 0. The third-order valence-corrected chi connectivity index (χ3v) is 7.78. The number of hydrogen-bond donors (Lipinski definition) is 4. The van der Waals surface area contributed by atoms with Crippen LogP contribution in [0, 0.1) is 0 Å². The molecule has 13 heteroatoms. The van der Waals surface area contributed by atoms with Gasteiger partial charge in [0.25, 0.3) is 0 Å². The summed E-state index contributed by atoms with van der Waals surface area (Å²) in [6, 6.07) is 14.0. The van der Waals surface area contributed by atoms with Crippen molar-refractivity contribution < 1.29 is 32.3 Å². The number of aromatic nitrogens is 2. The molecule has 2 aliphatic heterocycles. The van der Waals surface area contributed by atoms with Crippen LogP contribution in [-0.2, 0) is 32.2 Å². The second-order valence-electron chi connectivity index (χ2n) is 10.9. The number of aromatic amines is 1. The minimum absolute atomic E-state index is 0.0584. The van der Waals surface area contributed by atoms with E-state index in [4.69, 9.17) is 5.90 Å². The van der Waals surface area contributed by atoms with Gasteiger partial charge < -0.3 is 38.1 Å². The van der Waals surface area contributed by atoms with Crippen molar-refractivity contribution in [2.24, 2.45) is 5.90 Å². The van der Waals surface area contributed by atoms with Crippen LogP contribution in [0.5, 0.6) is 0 Å². The highest BCUT2D eigenvalue weighted by molar-refractivity contribution is 6.58. The van der Waals surface area contributed by atoms with Gasteiger partial charge in [0.1, 0.15) is 5.69 Å². The summed E-state index contributed by atoms with van der Waals surface area (Å²) in [5.74, 6) is 4.01. The molecular weight excluding hydrogens is 569 g/mol. The fourth-order valence-electron chi connectivity index (χ4n) is 5.54. The molecule has 4 heterocycles. The molecule has 0 saturated heterocycles. The van der Waals surface area contributed by atoms with Gasteiger partial charge in [-0.05, 0) is 66.9 Å². The number of rotatable bonds is 14. The lowest BCUT2D eigenvalue weighted by molar-refractivity contribution is -0.360. The van der Waals surface area contributed by atoms with Gasteiger partial charge >= 0.3 is 12.9 Å². The van der Waals surface area contributed by atoms with Crippen molar-refractivity contribution in [1.82, 2.24) is 14.8 Å². The molecule has 230 valence electrons. The van der Waals surface area contributed by atoms with Crippen molar-refractivity contribution >= 4 is 42.2 Å². The summed E-state index contributed by atoms with van der Waals surface area (Å²) in [5.41, 5.74) is 3.74. The number of hydrogen-bond acceptors (Lipinski definition) is 5. The first-order valence-corrected chi connectivity index (χ1v) is 14.7. The second-order valence-corrected chi connectivity index (χ2v) is 10.9. The molecule has 10 nitrogen and oxygen atoms in total. The average Bonchev–Trinajstić information content (AvgIpc) is 3.78. The number of benzene rings is 1. The number of allylic oxidation sites excluding steroid dienone is 2. The van der Waals surface area contributed by atoms with E-state index >= 15 is 8.63 Å². The van der Waals surface area contributed by atoms with Gasteiger partial charge in [-0.3, -0.25) is 14.4 Å². The van der Waals surface area contributed by atoms with Crippen molar-refractivity contribution in [3.63, 3.8) is 0 Å². The third-order valence-electron chi connectivity index (χ3n) is 7.78. The van der Waals surface area contributed by atoms with Crippen molar-refractivity contribution in [2.75, 3.05) is 5.32 Å². The van der Waals surface area contributed by atoms with Crippen LogP contribution in [0.25, 0.3) is 6.08 Å². The molecule has 5 N–H and O–H groups in total. The van der Waals surface area contributed by atoms with E-state index in [1.807, 2.05) is 12.1 Å². The Morgan fingerprint density at radius 1 is 0.932 bits per heavy atom. The predicted molar refractivity (Wildman–Crippen MR) is 163 cm³/mol. The SMILES string of the molecule is NOC(=O)CCCCCCC(=O)Nc1ccc(CNC(=O)CCc2ccc3n2[B-](F)(F)[N+]2=C(c4ccc[nH]4)C=CC2=C3)cc1. The molecule has 0 unspecified atom stereocenters. The smallest absolute Gasteiger partial charge is 0.394 e. The molecular formula is C31H35BF2N6O4. The van der Waals surface area contributed by atoms with Gasteiger partial charge in [-0.25, -0.2) is 0 Å². The van der Waals surface area contributed by atoms with Gasteiger partial charge in [-0.15, -0.1) is 0 Å². The zero-order chi connectivity index (χ0) is 31.1. The van der Waals surface area contributed by atoms with Gasteiger partial charge in [0.15, 0.2) is 11.4 Å². The maximum atomic E-state index is 15.9. The Morgan fingerprint density at radius 3 is 2.43 bits per heavy atom. The Kier molecular flexibility index (Phi) is 9.54. The molecule has 5 rings (SSSR count). The summed E-state index contributed by atoms with van der Waals surface area (Å²) in [6.07, 6.45) is 10.7. The number of nitrogens with zero attached hydrogens (tertiary/aromatic N) is 2. The number of nitrogens with two attached hydrogens (primary N) is 1. The van der Waals surface area contributed by atoms with Crippen molar-refractivity contribution in [2.45, 2.75) is 57.9 Å². The largest absolute Gasteiger partial charge is 0.737 e. The minimum Gasteiger partial charge on any atom is -0.394 e. The van der Waals surface area contributed by atoms with Gasteiger partial charge in [0, 0.05) is 61.6 Å². The van der Waals surface area contributed by atoms with E-state index in [0.717, 1.165) is 27.4 Å². The highest BCUT2D eigenvalue weighted by Gasteiger charge is 2.52. The first-order chi connectivity index (χ1) is 21.3. The molecule has 0 saturated carbocycles. The quantitative estimate of drug-likeness (QED) is 0.123. The van der Waals surface area contributed by atoms with E-state index in [9.17, 15) is 14.4 Å². The first kappa shape index (κ1) is 30.7. The number of nitrogens with one attached hydrogen (secondary N) is 3. The topological polar surface area (TPSA) is 134 Å². The third kappa shape index (κ3) is 7.05. The van der Waals surface area contributed by atoms with Gasteiger partial charge in [-0.1, -0.05) is 25.0 Å². The van der Waals surface area contributed by atoms with E-state index in [1.54, 1.807) is 60.8 Å². The number of fused-ring (bicyclic) bond motifs is 2. The molecule has 2 aromatic heterocycles. The molecule has 1 aromatic carbocycles. The van der Waals surface area contributed by atoms with Crippen LogP contribution < -0.4 is 16.5 Å². The minimum atomic E-state index is -4.16. The van der Waals surface area contributed by atoms with Crippen LogP contribution in [0.2, 0.25) is 0 Å². The molecule has 2 amide bonds. The summed E-state index contributed by atoms with van der Waals surface area (Å²) < 4.78 is 34.0. The standard InChI is InChI=1S/C31H35BF2N6O4/c33-32(34)39-24(13-14-25(39)20-26-15-17-28(40(26)32)27-6-5-19-36-27)16-18-29(41)37-21-22-9-11-23(12-10-22)38-30(42)7-3-1-2-4-8-31(43)44-35/h5-6,9-15,17,19-20,36H,1-4,7-8,16,18,21,35H2,(H,37,41)(H,38,42). The zero-order valence-corrected chi connectivity index (χ0v) is 24.2. The normalized spacial score (nSPS) is 14.6. The Bertz CT molecular complexity index is 1610. The Balaban J connectivity index is 1.08. The predicted octanol–water partition coefficient (Wildman–Crippen LogP) is 4.41. The number of carbonyl (C=O) groups excluding carboxylic acids is 3. The fraction of sp³-hybridized carbons (Fsp3) is 0.290. The maximum Gasteiger partial charge on any atom is 0.737 e. The summed E-state index contributed by atoms with van der Waals surface area (Å²) in [7, 11) is 0. The Labute approximate surface area is 253 Å². The van der Waals surface area contributed by atoms with Gasteiger partial charge in [0.05, 0.1) is 0 Å². The lowest BCUT2D eigenvalue weighted by Crippen LogP contribution is -2.51. The number of carbonyl (C=O) groups is 3. The van der Waals surface area contributed by atoms with E-state index in [-0.39, 0.29) is 37.6 Å². The highest BCUT2D eigenvalue weighted by atomic mass is 19.2. The van der Waals surface area contributed by atoms with Crippen LogP contribution in [0.15, 0.2) is 72.6 Å². The molecule has 0 radical (unpaired) electrons.